The summed E-state index contributed by atoms with van der Waals surface area (Å²) in [4.78, 5) is 0. The molecule has 65 valence electrons. The van der Waals surface area contributed by atoms with Crippen LogP contribution in [-0.2, 0) is 0 Å². The van der Waals surface area contributed by atoms with Gasteiger partial charge in [-0.1, -0.05) is 0 Å². The Labute approximate surface area is 108 Å². The van der Waals surface area contributed by atoms with E-state index in [1.54, 1.807) is 12.1 Å². The van der Waals surface area contributed by atoms with Crippen molar-refractivity contribution in [3.8, 4) is 11.5 Å². The van der Waals surface area contributed by atoms with Gasteiger partial charge >= 0.3 is 41.7 Å². The zero-order valence-electron chi connectivity index (χ0n) is 7.33. The molecule has 0 spiro atoms. The molecule has 0 amide bonds. The molecule has 0 saturated carbocycles. The number of hydrogen-bond acceptors (Lipinski definition) is 2. The predicted octanol–water partition coefficient (Wildman–Crippen LogP) is 2.18. The summed E-state index contributed by atoms with van der Waals surface area (Å²) in [5.41, 5.74) is 0.440. The summed E-state index contributed by atoms with van der Waals surface area (Å²) < 4.78 is 0. The minimum Gasteiger partial charge on any atom is -0.561 e. The van der Waals surface area contributed by atoms with E-state index >= 15 is 0 Å². The van der Waals surface area contributed by atoms with Crippen LogP contribution in [0.15, 0.2) is 18.2 Å². The van der Waals surface area contributed by atoms with Gasteiger partial charge in [-0.05, 0) is 6.07 Å². The fraction of sp³-hybridized carbons (Fsp3) is 0. The number of benzene rings is 1. The number of rotatable bonds is 0. The minimum atomic E-state index is -0.141. The summed E-state index contributed by atoms with van der Waals surface area (Å²) in [6.07, 6.45) is 0. The van der Waals surface area contributed by atoms with Gasteiger partial charge in [0, 0.05) is 0 Å². The van der Waals surface area contributed by atoms with Crippen molar-refractivity contribution in [2.45, 2.75) is 0 Å². The second-order valence-corrected chi connectivity index (χ2v) is 1.78. The summed E-state index contributed by atoms with van der Waals surface area (Å²) >= 11 is 0. The molecule has 0 aliphatic carbocycles. The first kappa shape index (κ1) is 18.0. The van der Waals surface area contributed by atoms with Gasteiger partial charge in [0.05, 0.1) is 5.75 Å². The van der Waals surface area contributed by atoms with Crippen LogP contribution >= 0.6 is 0 Å². The molecule has 0 saturated heterocycles. The third kappa shape index (κ3) is 4.18. The fourth-order valence-corrected chi connectivity index (χ4v) is 0.578. The predicted molar refractivity (Wildman–Crippen MR) is 47.1 cm³/mol. The third-order valence-corrected chi connectivity index (χ3v) is 1.10. The van der Waals surface area contributed by atoms with Crippen LogP contribution in [0.4, 0.5) is 0 Å². The molecule has 1 aromatic carbocycles. The molecule has 12 heavy (non-hydrogen) atoms. The molecule has 1 aromatic rings. The summed E-state index contributed by atoms with van der Waals surface area (Å²) in [7, 11) is 0. The molecule has 0 aromatic heterocycles. The molecule has 1 radical (unpaired) electrons. The van der Waals surface area contributed by atoms with E-state index in [1.807, 2.05) is 0 Å². The topological polar surface area (TPSA) is 40.5 Å². The molecular weight excluding hydrogens is 280 g/mol. The summed E-state index contributed by atoms with van der Waals surface area (Å²) in [6.45, 7) is 3.47. The van der Waals surface area contributed by atoms with Gasteiger partial charge in [0.25, 0.3) is 0 Å². The van der Waals surface area contributed by atoms with Crippen LogP contribution in [0.3, 0.4) is 0 Å². The summed E-state index contributed by atoms with van der Waals surface area (Å²) in [5.74, 6) is -0.264. The maximum absolute atomic E-state index is 8.89. The minimum absolute atomic E-state index is 0. The van der Waals surface area contributed by atoms with Crippen LogP contribution in [0.2, 0.25) is 0 Å². The maximum atomic E-state index is 8.89. The van der Waals surface area contributed by atoms with Crippen molar-refractivity contribution in [3.63, 3.8) is 0 Å². The first-order chi connectivity index (χ1) is 4.22. The van der Waals surface area contributed by atoms with Gasteiger partial charge in [-0.3, -0.25) is 0 Å². The fourth-order valence-electron chi connectivity index (χ4n) is 0.578. The van der Waals surface area contributed by atoms with Gasteiger partial charge in [0.1, 0.15) is 5.75 Å². The third-order valence-electron chi connectivity index (χ3n) is 1.10. The van der Waals surface area contributed by atoms with Gasteiger partial charge in [-0.15, -0.1) is 6.07 Å². The van der Waals surface area contributed by atoms with E-state index in [1.165, 1.54) is 6.07 Å². The molecule has 0 fully saturated rings. The Kier molecular flexibility index (Phi) is 11.5. The Bertz CT molecular complexity index is 204. The zero-order chi connectivity index (χ0) is 6.85. The van der Waals surface area contributed by atoms with Crippen molar-refractivity contribution >= 4 is 0 Å². The Morgan fingerprint density at radius 3 is 1.92 bits per heavy atom. The molecule has 3 heteroatoms. The van der Waals surface area contributed by atoms with Gasteiger partial charge in [-0.25, -0.2) is 0 Å². The van der Waals surface area contributed by atoms with Crippen molar-refractivity contribution in [1.82, 2.24) is 0 Å². The molecule has 0 unspecified atom stereocenters. The van der Waals surface area contributed by atoms with E-state index in [-0.39, 0.29) is 68.1 Å². The van der Waals surface area contributed by atoms with Gasteiger partial charge < -0.3 is 25.1 Å². The number of para-hydroxylation sites is 1. The average Bonchev–Trinajstić information content (AvgIpc) is 1.83. The van der Waals surface area contributed by atoms with Crippen LogP contribution in [0.25, 0.3) is 0 Å². The molecule has 0 atom stereocenters. The maximum Gasteiger partial charge on any atom is 3.00 e. The van der Waals surface area contributed by atoms with Crippen molar-refractivity contribution < 1.29 is 52.0 Å². The second kappa shape index (κ2) is 7.70. The van der Waals surface area contributed by atoms with Crippen molar-refractivity contribution in [3.05, 3.63) is 45.5 Å². The molecule has 0 bridgehead atoms. The van der Waals surface area contributed by atoms with E-state index in [0.717, 1.165) is 0 Å². The van der Waals surface area contributed by atoms with Crippen LogP contribution in [0.1, 0.15) is 5.56 Å². The van der Waals surface area contributed by atoms with Gasteiger partial charge in [0.15, 0.2) is 0 Å². The van der Waals surface area contributed by atoms with Crippen LogP contribution in [0.5, 0.6) is 11.5 Å². The van der Waals surface area contributed by atoms with Crippen LogP contribution in [0, 0.1) is 63.5 Å². The number of aromatic hydroxyl groups is 2. The smallest absolute Gasteiger partial charge is 0.561 e. The van der Waals surface area contributed by atoms with Crippen LogP contribution < -0.4 is 0 Å². The second-order valence-electron chi connectivity index (χ2n) is 1.78. The van der Waals surface area contributed by atoms with E-state index < -0.39 is 0 Å². The molecule has 0 heterocycles. The quantitative estimate of drug-likeness (QED) is 0.568. The first-order valence-corrected chi connectivity index (χ1v) is 2.54. The van der Waals surface area contributed by atoms with E-state index in [2.05, 4.69) is 6.92 Å². The molecule has 0 aliphatic heterocycles. The normalized spacial score (nSPS) is 7.00. The van der Waals surface area contributed by atoms with Crippen LogP contribution in [-0.4, -0.2) is 10.2 Å². The number of hydrogen-bond donors (Lipinski definition) is 2. The molecule has 2 N–H and O–H groups in total. The first-order valence-electron chi connectivity index (χ1n) is 2.54. The molecule has 0 aliphatic rings. The summed E-state index contributed by atoms with van der Waals surface area (Å²) in [6, 6.07) is 4.65. The molecular formula is C9H13CeO2. The monoisotopic (exact) mass is 293 g/mol. The van der Waals surface area contributed by atoms with Gasteiger partial charge in [0.2, 0.25) is 0 Å². The van der Waals surface area contributed by atoms with Gasteiger partial charge in [-0.2, -0.15) is 18.6 Å². The summed E-state index contributed by atoms with van der Waals surface area (Å²) in [5, 5.41) is 17.7. The Balaban J connectivity index is -0.000000270. The Morgan fingerprint density at radius 2 is 1.58 bits per heavy atom. The van der Waals surface area contributed by atoms with Crippen molar-refractivity contribution in [2.24, 2.45) is 0 Å². The van der Waals surface area contributed by atoms with E-state index in [4.69, 9.17) is 10.2 Å². The zero-order valence-corrected chi connectivity index (χ0v) is 10.5. The Morgan fingerprint density at radius 1 is 1.08 bits per heavy atom. The number of phenols is 2. The van der Waals surface area contributed by atoms with E-state index in [0.29, 0.717) is 5.56 Å². The van der Waals surface area contributed by atoms with E-state index in [9.17, 15) is 0 Å². The largest absolute Gasteiger partial charge is 3.00 e. The molecule has 2 nitrogen and oxygen atoms in total. The standard InChI is InChI=1S/C7H7O2.2CH3.Ce/c1-5-3-2-4-6(8)7(5)9;;;/h2-4,8-9H,1H2;2*1H3;/q3*-1;+3. The number of phenolic OH excluding ortho intramolecular Hbond substituents is 2. The average molecular weight is 293 g/mol. The SMILES string of the molecule is [CH2-]c1cccc(O)c1O.[CH3-].[CH3-].[Ce+3]. The van der Waals surface area contributed by atoms with Crippen molar-refractivity contribution in [2.75, 3.05) is 0 Å². The molecule has 1 rings (SSSR count). The van der Waals surface area contributed by atoms with Crippen molar-refractivity contribution in [1.29, 1.82) is 0 Å². The Hall–Kier alpha value is 0.0666.